The predicted molar refractivity (Wildman–Crippen MR) is 117 cm³/mol. The number of aryl methyl sites for hydroxylation is 1. The van der Waals surface area contributed by atoms with E-state index >= 15 is 0 Å². The Morgan fingerprint density at radius 1 is 1.04 bits per heavy atom. The van der Waals surface area contributed by atoms with Gasteiger partial charge in [0, 0.05) is 10.6 Å². The quantitative estimate of drug-likeness (QED) is 0.321. The number of rotatable bonds is 11. The number of halogens is 2. The van der Waals surface area contributed by atoms with Gasteiger partial charge in [0.05, 0.1) is 5.02 Å². The second-order valence-corrected chi connectivity index (χ2v) is 8.84. The van der Waals surface area contributed by atoms with E-state index in [9.17, 15) is 4.39 Å². The van der Waals surface area contributed by atoms with Crippen LogP contribution in [0.15, 0.2) is 41.3 Å². The van der Waals surface area contributed by atoms with E-state index in [1.807, 2.05) is 18.2 Å². The fraction of sp³-hybridized carbons (Fsp3) is 0.478. The summed E-state index contributed by atoms with van der Waals surface area (Å²) in [6, 6.07) is 11.9. The van der Waals surface area contributed by atoms with E-state index in [2.05, 4.69) is 38.2 Å². The molecule has 2 aromatic rings. The molecule has 0 saturated heterocycles. The molecule has 1 nitrogen and oxygen atoms in total. The molecule has 0 radical (unpaired) electrons. The van der Waals surface area contributed by atoms with Gasteiger partial charge in [-0.05, 0) is 79.6 Å². The van der Waals surface area contributed by atoms with Crippen LogP contribution < -0.4 is 5.32 Å². The van der Waals surface area contributed by atoms with Crippen LogP contribution in [-0.2, 0) is 18.6 Å². The third-order valence-corrected chi connectivity index (χ3v) is 6.08. The van der Waals surface area contributed by atoms with E-state index in [1.54, 1.807) is 17.8 Å². The minimum absolute atomic E-state index is 0.0874. The summed E-state index contributed by atoms with van der Waals surface area (Å²) < 4.78 is 14.3. The van der Waals surface area contributed by atoms with Gasteiger partial charge in [0.15, 0.2) is 0 Å². The van der Waals surface area contributed by atoms with Crippen LogP contribution in [0, 0.1) is 11.7 Å². The molecule has 4 heteroatoms. The highest BCUT2D eigenvalue weighted by Crippen LogP contribution is 2.31. The molecule has 2 rings (SSSR count). The van der Waals surface area contributed by atoms with Gasteiger partial charge < -0.3 is 5.32 Å². The van der Waals surface area contributed by atoms with Crippen LogP contribution in [0.3, 0.4) is 0 Å². The normalized spacial score (nSPS) is 11.3. The number of thioether (sulfide) groups is 1. The van der Waals surface area contributed by atoms with E-state index in [0.717, 1.165) is 65.6 Å². The lowest BCUT2D eigenvalue weighted by atomic mass is 10.0. The molecular formula is C23H31ClFNS. The molecule has 0 aliphatic rings. The van der Waals surface area contributed by atoms with Crippen LogP contribution in [0.1, 0.15) is 50.3 Å². The van der Waals surface area contributed by atoms with E-state index < -0.39 is 0 Å². The minimum Gasteiger partial charge on any atom is -0.316 e. The van der Waals surface area contributed by atoms with Gasteiger partial charge in [-0.3, -0.25) is 0 Å². The smallest absolute Gasteiger partial charge is 0.126 e. The van der Waals surface area contributed by atoms with Crippen molar-refractivity contribution < 1.29 is 4.39 Å². The Hall–Kier alpha value is -1.03. The maximum atomic E-state index is 14.3. The first-order valence-corrected chi connectivity index (χ1v) is 11.2. The summed E-state index contributed by atoms with van der Waals surface area (Å²) >= 11 is 8.03. The van der Waals surface area contributed by atoms with Crippen LogP contribution in [0.2, 0.25) is 5.02 Å². The molecule has 0 atom stereocenters. The summed E-state index contributed by atoms with van der Waals surface area (Å²) in [5.41, 5.74) is 3.09. The number of nitrogens with one attached hydrogen (secondary N) is 1. The van der Waals surface area contributed by atoms with Gasteiger partial charge in [0.25, 0.3) is 0 Å². The first-order valence-electron chi connectivity index (χ1n) is 9.88. The van der Waals surface area contributed by atoms with Gasteiger partial charge in [0.1, 0.15) is 5.82 Å². The molecule has 2 aromatic carbocycles. The Balaban J connectivity index is 1.94. The van der Waals surface area contributed by atoms with E-state index in [-0.39, 0.29) is 5.82 Å². The molecule has 0 aliphatic heterocycles. The van der Waals surface area contributed by atoms with Crippen LogP contribution in [0.5, 0.6) is 0 Å². The lowest BCUT2D eigenvalue weighted by molar-refractivity contribution is 0.558. The van der Waals surface area contributed by atoms with Crippen LogP contribution in [-0.4, -0.2) is 13.1 Å². The standard InChI is InChI=1S/C23H31ClFNS/c1-4-12-26-13-11-18-7-10-21(24)23(15-18)27-16-19-6-9-20(22(25)14-19)8-5-17(2)3/h6-7,9-10,14-15,17,26H,4-5,8,11-13,16H2,1-3H3. The Morgan fingerprint density at radius 3 is 2.52 bits per heavy atom. The molecule has 0 aliphatic carbocycles. The Morgan fingerprint density at radius 2 is 1.81 bits per heavy atom. The molecule has 0 unspecified atom stereocenters. The Bertz CT molecular complexity index is 718. The van der Waals surface area contributed by atoms with Gasteiger partial charge in [-0.2, -0.15) is 0 Å². The molecule has 0 aromatic heterocycles. The number of benzene rings is 2. The molecule has 0 bridgehead atoms. The molecule has 0 saturated carbocycles. The first kappa shape index (κ1) is 22.3. The van der Waals surface area contributed by atoms with Crippen molar-refractivity contribution in [3.8, 4) is 0 Å². The number of hydrogen-bond acceptors (Lipinski definition) is 2. The van der Waals surface area contributed by atoms with Crippen LogP contribution >= 0.6 is 23.4 Å². The average molecular weight is 408 g/mol. The molecule has 27 heavy (non-hydrogen) atoms. The monoisotopic (exact) mass is 407 g/mol. The van der Waals surface area contributed by atoms with Crippen LogP contribution in [0.4, 0.5) is 4.39 Å². The summed E-state index contributed by atoms with van der Waals surface area (Å²) in [4.78, 5) is 1.06. The van der Waals surface area contributed by atoms with Gasteiger partial charge in [-0.15, -0.1) is 11.8 Å². The van der Waals surface area contributed by atoms with Gasteiger partial charge in [-0.1, -0.05) is 50.6 Å². The largest absolute Gasteiger partial charge is 0.316 e. The lowest BCUT2D eigenvalue weighted by Crippen LogP contribution is -2.17. The molecule has 0 heterocycles. The SMILES string of the molecule is CCCNCCc1ccc(Cl)c(SCc2ccc(CCC(C)C)c(F)c2)c1. The fourth-order valence-corrected chi connectivity index (χ4v) is 4.06. The predicted octanol–water partition coefficient (Wildman–Crippen LogP) is 6.90. The Labute approximate surface area is 173 Å². The zero-order valence-corrected chi connectivity index (χ0v) is 18.2. The van der Waals surface area contributed by atoms with Crippen molar-refractivity contribution in [2.45, 2.75) is 57.1 Å². The highest BCUT2D eigenvalue weighted by Gasteiger charge is 2.08. The van der Waals surface area contributed by atoms with Crippen molar-refractivity contribution in [2.24, 2.45) is 5.92 Å². The second kappa shape index (κ2) is 11.7. The van der Waals surface area contributed by atoms with Crippen molar-refractivity contribution in [2.75, 3.05) is 13.1 Å². The molecule has 0 fully saturated rings. The maximum absolute atomic E-state index is 14.3. The summed E-state index contributed by atoms with van der Waals surface area (Å²) in [6.45, 7) is 8.53. The topological polar surface area (TPSA) is 12.0 Å². The highest BCUT2D eigenvalue weighted by atomic mass is 35.5. The third-order valence-electron chi connectivity index (χ3n) is 4.52. The van der Waals surface area contributed by atoms with E-state index in [4.69, 9.17) is 11.6 Å². The minimum atomic E-state index is -0.0874. The average Bonchev–Trinajstić information content (AvgIpc) is 2.64. The van der Waals surface area contributed by atoms with Crippen molar-refractivity contribution in [1.29, 1.82) is 0 Å². The molecule has 1 N–H and O–H groups in total. The van der Waals surface area contributed by atoms with Crippen molar-refractivity contribution in [3.05, 3.63) is 63.9 Å². The molecule has 0 spiro atoms. The summed E-state index contributed by atoms with van der Waals surface area (Å²) in [6.07, 6.45) is 3.95. The van der Waals surface area contributed by atoms with Gasteiger partial charge in [-0.25, -0.2) is 4.39 Å². The second-order valence-electron chi connectivity index (χ2n) is 7.41. The maximum Gasteiger partial charge on any atom is 0.126 e. The summed E-state index contributed by atoms with van der Waals surface area (Å²) in [5.74, 6) is 1.22. The zero-order chi connectivity index (χ0) is 19.6. The van der Waals surface area contributed by atoms with Crippen molar-refractivity contribution >= 4 is 23.4 Å². The van der Waals surface area contributed by atoms with Crippen LogP contribution in [0.25, 0.3) is 0 Å². The molecular weight excluding hydrogens is 377 g/mol. The Kier molecular flexibility index (Phi) is 9.67. The molecule has 148 valence electrons. The highest BCUT2D eigenvalue weighted by molar-refractivity contribution is 7.98. The third kappa shape index (κ3) is 7.85. The number of hydrogen-bond donors (Lipinski definition) is 1. The van der Waals surface area contributed by atoms with E-state index in [0.29, 0.717) is 5.92 Å². The molecule has 0 amide bonds. The summed E-state index contributed by atoms with van der Waals surface area (Å²) in [5, 5.41) is 4.19. The van der Waals surface area contributed by atoms with Crippen molar-refractivity contribution in [3.63, 3.8) is 0 Å². The lowest BCUT2D eigenvalue weighted by Gasteiger charge is -2.10. The summed E-state index contributed by atoms with van der Waals surface area (Å²) in [7, 11) is 0. The van der Waals surface area contributed by atoms with Crippen molar-refractivity contribution in [1.82, 2.24) is 5.32 Å². The fourth-order valence-electron chi connectivity index (χ4n) is 2.84. The van der Waals surface area contributed by atoms with Gasteiger partial charge >= 0.3 is 0 Å². The first-order chi connectivity index (χ1) is 13.0. The van der Waals surface area contributed by atoms with Gasteiger partial charge in [0.2, 0.25) is 0 Å². The zero-order valence-electron chi connectivity index (χ0n) is 16.7. The van der Waals surface area contributed by atoms with E-state index in [1.165, 1.54) is 5.56 Å².